The summed E-state index contributed by atoms with van der Waals surface area (Å²) >= 11 is 16.5. The molecule has 2 rings (SSSR count). The number of hydrogen-bond acceptors (Lipinski definition) is 2. The largest absolute Gasteiger partial charge is 0.383 e. The highest BCUT2D eigenvalue weighted by Crippen LogP contribution is 2.33. The van der Waals surface area contributed by atoms with E-state index in [0.717, 1.165) is 14.9 Å². The summed E-state index contributed by atoms with van der Waals surface area (Å²) in [4.78, 5) is 0.809. The van der Waals surface area contributed by atoms with E-state index in [1.165, 1.54) is 11.3 Å². The zero-order valence-electron chi connectivity index (χ0n) is 7.95. The molecular weight excluding hydrogens is 331 g/mol. The maximum Gasteiger partial charge on any atom is 0.113 e. The van der Waals surface area contributed by atoms with Crippen molar-refractivity contribution in [3.05, 3.63) is 54.6 Å². The van der Waals surface area contributed by atoms with Crippen LogP contribution in [0.15, 0.2) is 34.8 Å². The van der Waals surface area contributed by atoms with E-state index in [1.54, 1.807) is 12.1 Å². The summed E-state index contributed by atoms with van der Waals surface area (Å²) in [7, 11) is 0. The second-order valence-electron chi connectivity index (χ2n) is 3.22. The molecule has 0 fully saturated rings. The Bertz CT molecular complexity index is 512. The first-order valence-corrected chi connectivity index (χ1v) is 6.82. The van der Waals surface area contributed by atoms with E-state index in [2.05, 4.69) is 15.9 Å². The van der Waals surface area contributed by atoms with Gasteiger partial charge in [0.05, 0.1) is 9.36 Å². The number of benzene rings is 1. The third-order valence-corrected chi connectivity index (χ3v) is 4.64. The summed E-state index contributed by atoms with van der Waals surface area (Å²) in [5.41, 5.74) is 0.756. The summed E-state index contributed by atoms with van der Waals surface area (Å²) < 4.78 is 1.48. The van der Waals surface area contributed by atoms with Crippen LogP contribution in [-0.4, -0.2) is 5.11 Å². The van der Waals surface area contributed by atoms with Crippen LogP contribution in [0.5, 0.6) is 0 Å². The lowest BCUT2D eigenvalue weighted by Crippen LogP contribution is -1.96. The average molecular weight is 338 g/mol. The van der Waals surface area contributed by atoms with Crippen LogP contribution in [-0.2, 0) is 0 Å². The summed E-state index contributed by atoms with van der Waals surface area (Å²) in [5.74, 6) is 0. The summed E-state index contributed by atoms with van der Waals surface area (Å²) in [5, 5.41) is 10.7. The fourth-order valence-corrected chi connectivity index (χ4v) is 2.83. The molecule has 0 saturated heterocycles. The van der Waals surface area contributed by atoms with Gasteiger partial charge in [0, 0.05) is 9.35 Å². The maximum atomic E-state index is 10.1. The smallest absolute Gasteiger partial charge is 0.113 e. The van der Waals surface area contributed by atoms with Gasteiger partial charge in [-0.25, -0.2) is 0 Å². The third kappa shape index (κ3) is 2.60. The Kier molecular flexibility index (Phi) is 3.93. The second-order valence-corrected chi connectivity index (χ2v) is 6.23. The zero-order chi connectivity index (χ0) is 11.7. The molecule has 1 aromatic carbocycles. The molecule has 0 bridgehead atoms. The van der Waals surface area contributed by atoms with Gasteiger partial charge in [-0.1, -0.05) is 29.3 Å². The van der Waals surface area contributed by atoms with Gasteiger partial charge in [-0.3, -0.25) is 0 Å². The third-order valence-electron chi connectivity index (χ3n) is 2.12. The van der Waals surface area contributed by atoms with Crippen LogP contribution < -0.4 is 0 Å². The lowest BCUT2D eigenvalue weighted by atomic mass is 10.1. The number of halogens is 3. The lowest BCUT2D eigenvalue weighted by Gasteiger charge is -2.09. The van der Waals surface area contributed by atoms with E-state index in [9.17, 15) is 5.11 Å². The molecule has 1 atom stereocenters. The van der Waals surface area contributed by atoms with Gasteiger partial charge >= 0.3 is 0 Å². The summed E-state index contributed by atoms with van der Waals surface area (Å²) in [6, 6.07) is 8.97. The number of aliphatic hydroxyl groups is 1. The molecule has 5 heteroatoms. The van der Waals surface area contributed by atoms with Crippen LogP contribution in [0.2, 0.25) is 9.36 Å². The first-order valence-electron chi connectivity index (χ1n) is 4.46. The van der Waals surface area contributed by atoms with Crippen LogP contribution >= 0.6 is 50.5 Å². The van der Waals surface area contributed by atoms with Gasteiger partial charge in [0.2, 0.25) is 0 Å². The Morgan fingerprint density at radius 1 is 1.19 bits per heavy atom. The van der Waals surface area contributed by atoms with Crippen molar-refractivity contribution >= 4 is 50.5 Å². The van der Waals surface area contributed by atoms with Gasteiger partial charge in [-0.05, 0) is 45.8 Å². The van der Waals surface area contributed by atoms with E-state index < -0.39 is 6.10 Å². The molecule has 0 saturated carbocycles. The maximum absolute atomic E-state index is 10.1. The predicted octanol–water partition coefficient (Wildman–Crippen LogP) is 4.90. The van der Waals surface area contributed by atoms with Crippen molar-refractivity contribution in [2.24, 2.45) is 0 Å². The van der Waals surface area contributed by atoms with Crippen molar-refractivity contribution in [3.8, 4) is 0 Å². The molecule has 0 spiro atoms. The van der Waals surface area contributed by atoms with Crippen molar-refractivity contribution in [1.29, 1.82) is 0 Å². The van der Waals surface area contributed by atoms with Crippen molar-refractivity contribution in [2.45, 2.75) is 6.10 Å². The van der Waals surface area contributed by atoms with E-state index in [-0.39, 0.29) is 0 Å². The first kappa shape index (κ1) is 12.4. The molecule has 0 radical (unpaired) electrons. The quantitative estimate of drug-likeness (QED) is 0.826. The molecule has 1 aromatic heterocycles. The van der Waals surface area contributed by atoms with Gasteiger partial charge in [0.25, 0.3) is 0 Å². The molecule has 1 heterocycles. The SMILES string of the molecule is OC(c1ccc(Br)c(Cl)c1)c1ccc(Cl)s1. The second kappa shape index (κ2) is 5.07. The highest BCUT2D eigenvalue weighted by molar-refractivity contribution is 9.10. The van der Waals surface area contributed by atoms with Gasteiger partial charge in [0.15, 0.2) is 0 Å². The van der Waals surface area contributed by atoms with Crippen LogP contribution in [0.25, 0.3) is 0 Å². The van der Waals surface area contributed by atoms with Crippen molar-refractivity contribution in [1.82, 2.24) is 0 Å². The summed E-state index contributed by atoms with van der Waals surface area (Å²) in [6.45, 7) is 0. The normalized spacial score (nSPS) is 12.8. The Balaban J connectivity index is 2.33. The molecule has 0 aliphatic rings. The minimum atomic E-state index is -0.678. The van der Waals surface area contributed by atoms with Crippen molar-refractivity contribution < 1.29 is 5.11 Å². The fourth-order valence-electron chi connectivity index (χ4n) is 1.32. The average Bonchev–Trinajstić information content (AvgIpc) is 2.68. The fraction of sp³-hybridized carbons (Fsp3) is 0.0909. The van der Waals surface area contributed by atoms with Gasteiger partial charge < -0.3 is 5.11 Å². The number of aliphatic hydroxyl groups excluding tert-OH is 1. The molecule has 1 unspecified atom stereocenters. The highest BCUT2D eigenvalue weighted by Gasteiger charge is 2.13. The molecule has 0 aliphatic carbocycles. The zero-order valence-corrected chi connectivity index (χ0v) is 11.9. The van der Waals surface area contributed by atoms with Crippen LogP contribution in [0.3, 0.4) is 0 Å². The molecule has 0 aliphatic heterocycles. The molecule has 2 aromatic rings. The summed E-state index contributed by atoms with van der Waals surface area (Å²) in [6.07, 6.45) is -0.678. The van der Waals surface area contributed by atoms with E-state index >= 15 is 0 Å². The Hall–Kier alpha value is -0.0600. The standard InChI is InChI=1S/C11H7BrCl2OS/c12-7-2-1-6(5-8(7)13)11(15)9-3-4-10(14)16-9/h1-5,11,15H. The minimum Gasteiger partial charge on any atom is -0.383 e. The minimum absolute atomic E-state index is 0.583. The van der Waals surface area contributed by atoms with Gasteiger partial charge in [-0.2, -0.15) is 0 Å². The Morgan fingerprint density at radius 2 is 1.94 bits per heavy atom. The van der Waals surface area contributed by atoms with Crippen molar-refractivity contribution in [3.63, 3.8) is 0 Å². The molecule has 1 N–H and O–H groups in total. The number of rotatable bonds is 2. The molecular formula is C11H7BrCl2OS. The number of thiophene rings is 1. The van der Waals surface area contributed by atoms with E-state index in [4.69, 9.17) is 23.2 Å². The highest BCUT2D eigenvalue weighted by atomic mass is 79.9. The monoisotopic (exact) mass is 336 g/mol. The van der Waals surface area contributed by atoms with Crippen LogP contribution in [0.4, 0.5) is 0 Å². The van der Waals surface area contributed by atoms with Gasteiger partial charge in [-0.15, -0.1) is 11.3 Å². The Morgan fingerprint density at radius 3 is 2.50 bits per heavy atom. The lowest BCUT2D eigenvalue weighted by molar-refractivity contribution is 0.224. The molecule has 0 amide bonds. The molecule has 16 heavy (non-hydrogen) atoms. The van der Waals surface area contributed by atoms with E-state index in [0.29, 0.717) is 9.36 Å². The Labute approximate surface area is 116 Å². The van der Waals surface area contributed by atoms with Crippen molar-refractivity contribution in [2.75, 3.05) is 0 Å². The van der Waals surface area contributed by atoms with Gasteiger partial charge in [0.1, 0.15) is 6.10 Å². The predicted molar refractivity (Wildman–Crippen MR) is 72.5 cm³/mol. The van der Waals surface area contributed by atoms with Crippen LogP contribution in [0, 0.1) is 0 Å². The molecule has 1 nitrogen and oxygen atoms in total. The number of hydrogen-bond donors (Lipinski definition) is 1. The molecule has 84 valence electrons. The first-order chi connectivity index (χ1) is 7.58. The topological polar surface area (TPSA) is 20.2 Å². The van der Waals surface area contributed by atoms with Crippen LogP contribution in [0.1, 0.15) is 16.5 Å². The van der Waals surface area contributed by atoms with E-state index in [1.807, 2.05) is 18.2 Å².